The minimum atomic E-state index is -0.588. The van der Waals surface area contributed by atoms with Crippen molar-refractivity contribution in [3.05, 3.63) is 18.0 Å². The summed E-state index contributed by atoms with van der Waals surface area (Å²) in [5.41, 5.74) is 0.509. The molecule has 9 atom stereocenters. The third-order valence-corrected chi connectivity index (χ3v) is 10.8. The van der Waals surface area contributed by atoms with Crippen molar-refractivity contribution in [1.29, 1.82) is 5.26 Å². The van der Waals surface area contributed by atoms with E-state index in [1.165, 1.54) is 51.4 Å². The fourth-order valence-corrected chi connectivity index (χ4v) is 9.48. The highest BCUT2D eigenvalue weighted by Crippen LogP contribution is 2.64. The fraction of sp³-hybridized carbons (Fsp3) is 0.857. The van der Waals surface area contributed by atoms with Gasteiger partial charge < -0.3 is 9.84 Å². The Morgan fingerprint density at radius 3 is 2.76 bits per heavy atom. The van der Waals surface area contributed by atoms with E-state index >= 15 is 0 Å². The van der Waals surface area contributed by atoms with E-state index in [2.05, 4.69) is 25.0 Å². The Bertz CT molecular complexity index is 877. The molecule has 182 valence electrons. The van der Waals surface area contributed by atoms with Gasteiger partial charge in [-0.2, -0.15) is 10.4 Å². The van der Waals surface area contributed by atoms with Crippen LogP contribution in [0.25, 0.3) is 0 Å². The van der Waals surface area contributed by atoms with Crippen molar-refractivity contribution in [3.8, 4) is 6.07 Å². The number of hydrogen-bond donors (Lipinski definition) is 1. The number of aromatic nitrogens is 2. The Labute approximate surface area is 199 Å². The number of nitriles is 1. The molecule has 5 rings (SSSR count). The minimum Gasteiger partial charge on any atom is -0.387 e. The number of methoxy groups -OCH3 is 1. The summed E-state index contributed by atoms with van der Waals surface area (Å²) in [6.45, 7) is 6.47. The minimum absolute atomic E-state index is 0.433. The van der Waals surface area contributed by atoms with Crippen molar-refractivity contribution in [1.82, 2.24) is 9.78 Å². The van der Waals surface area contributed by atoms with Crippen molar-refractivity contribution < 1.29 is 9.84 Å². The fourth-order valence-electron chi connectivity index (χ4n) is 9.48. The molecule has 5 heteroatoms. The quantitative estimate of drug-likeness (QED) is 0.645. The second-order valence-corrected chi connectivity index (χ2v) is 12.5. The van der Waals surface area contributed by atoms with Crippen LogP contribution in [0.4, 0.5) is 0 Å². The molecule has 5 nitrogen and oxygen atoms in total. The van der Waals surface area contributed by atoms with Crippen LogP contribution in [-0.2, 0) is 11.3 Å². The van der Waals surface area contributed by atoms with E-state index in [0.717, 1.165) is 49.0 Å². The van der Waals surface area contributed by atoms with Crippen molar-refractivity contribution >= 4 is 0 Å². The highest BCUT2D eigenvalue weighted by molar-refractivity contribution is 5.21. The number of hydrogen-bond acceptors (Lipinski definition) is 4. The molecule has 0 bridgehead atoms. The Kier molecular flexibility index (Phi) is 6.38. The van der Waals surface area contributed by atoms with Crippen molar-refractivity contribution in [2.24, 2.45) is 46.8 Å². The van der Waals surface area contributed by atoms with Crippen LogP contribution in [0.5, 0.6) is 0 Å². The molecule has 33 heavy (non-hydrogen) atoms. The number of ether oxygens (including phenoxy) is 1. The van der Waals surface area contributed by atoms with E-state index in [0.29, 0.717) is 29.4 Å². The van der Waals surface area contributed by atoms with Gasteiger partial charge in [-0.05, 0) is 105 Å². The predicted octanol–water partition coefficient (Wildman–Crippen LogP) is 5.43. The first kappa shape index (κ1) is 23.4. The maximum absolute atomic E-state index is 11.0. The third-order valence-electron chi connectivity index (χ3n) is 10.8. The summed E-state index contributed by atoms with van der Waals surface area (Å²) >= 11 is 0. The van der Waals surface area contributed by atoms with Gasteiger partial charge in [-0.25, -0.2) is 0 Å². The Morgan fingerprint density at radius 2 is 2.00 bits per heavy atom. The number of nitrogens with zero attached hydrogens (tertiary/aromatic N) is 3. The standard InChI is InChI=1S/C28H43N3O2/c1-19(16-31-17-20(14-29)15-30-31)25-5-4-6-26-24-8-7-21-13-28(32,18-33-3)12-10-22(21)23(24)9-11-27(25,26)2/h15,17,19,21-26,32H,4-13,16,18H2,1-3H3/t19-,21-,22+,23-,24-,25-,26+,27-,28-/m1/s1. The second kappa shape index (κ2) is 9.00. The molecule has 0 radical (unpaired) electrons. The van der Waals surface area contributed by atoms with Crippen molar-refractivity contribution in [3.63, 3.8) is 0 Å². The Balaban J connectivity index is 1.30. The summed E-state index contributed by atoms with van der Waals surface area (Å²) in [5, 5.41) is 24.6. The van der Waals surface area contributed by atoms with Gasteiger partial charge in [0.05, 0.1) is 24.0 Å². The molecule has 1 aromatic rings. The molecule has 1 heterocycles. The summed E-state index contributed by atoms with van der Waals surface area (Å²) in [6.07, 6.45) is 16.2. The Hall–Kier alpha value is -1.38. The predicted molar refractivity (Wildman–Crippen MR) is 128 cm³/mol. The zero-order valence-electron chi connectivity index (χ0n) is 20.9. The third kappa shape index (κ3) is 4.16. The van der Waals surface area contributed by atoms with Gasteiger partial charge in [0.15, 0.2) is 0 Å². The summed E-state index contributed by atoms with van der Waals surface area (Å²) in [5.74, 6) is 5.42. The average Bonchev–Trinajstić information content (AvgIpc) is 3.25. The number of aliphatic hydroxyl groups is 1. The summed E-state index contributed by atoms with van der Waals surface area (Å²) in [7, 11) is 1.72. The zero-order chi connectivity index (χ0) is 23.2. The van der Waals surface area contributed by atoms with Crippen LogP contribution in [0.15, 0.2) is 12.4 Å². The van der Waals surface area contributed by atoms with Gasteiger partial charge in [-0.3, -0.25) is 4.68 Å². The molecule has 0 amide bonds. The number of fused-ring (bicyclic) bond motifs is 5. The summed E-state index contributed by atoms with van der Waals surface area (Å²) in [4.78, 5) is 0. The lowest BCUT2D eigenvalue weighted by Gasteiger charge is -2.62. The van der Waals surface area contributed by atoms with E-state index in [9.17, 15) is 5.11 Å². The van der Waals surface area contributed by atoms with Crippen LogP contribution in [0.1, 0.15) is 83.6 Å². The molecular weight excluding hydrogens is 410 g/mol. The molecule has 0 unspecified atom stereocenters. The molecule has 0 spiro atoms. The van der Waals surface area contributed by atoms with E-state index in [1.807, 2.05) is 10.9 Å². The van der Waals surface area contributed by atoms with Crippen LogP contribution < -0.4 is 0 Å². The lowest BCUT2D eigenvalue weighted by molar-refractivity contribution is -0.146. The van der Waals surface area contributed by atoms with Crippen LogP contribution in [0.3, 0.4) is 0 Å². The lowest BCUT2D eigenvalue weighted by Crippen LogP contribution is -2.55. The maximum atomic E-state index is 11.0. The molecule has 0 aliphatic heterocycles. The van der Waals surface area contributed by atoms with E-state index in [4.69, 9.17) is 10.00 Å². The van der Waals surface area contributed by atoms with Gasteiger partial charge in [-0.1, -0.05) is 20.3 Å². The van der Waals surface area contributed by atoms with Crippen molar-refractivity contribution in [2.75, 3.05) is 13.7 Å². The van der Waals surface area contributed by atoms with Gasteiger partial charge >= 0.3 is 0 Å². The first-order valence-corrected chi connectivity index (χ1v) is 13.5. The molecular formula is C28H43N3O2. The van der Waals surface area contributed by atoms with Crippen LogP contribution in [0, 0.1) is 58.2 Å². The normalized spacial score (nSPS) is 43.6. The van der Waals surface area contributed by atoms with E-state index in [-0.39, 0.29) is 0 Å². The van der Waals surface area contributed by atoms with Crippen LogP contribution in [-0.4, -0.2) is 34.2 Å². The second-order valence-electron chi connectivity index (χ2n) is 12.5. The largest absolute Gasteiger partial charge is 0.387 e. The van der Waals surface area contributed by atoms with Gasteiger partial charge in [-0.15, -0.1) is 0 Å². The number of rotatable bonds is 5. The highest BCUT2D eigenvalue weighted by atomic mass is 16.5. The average molecular weight is 454 g/mol. The SMILES string of the molecule is COC[C@@]1(O)CC[C@H]2[C@H](CC[C@@H]3[C@@H]2CC[C@]2(C)[C@@H]([C@H](C)Cn4cc(C#N)cn4)CCC[C@@H]32)C1. The topological polar surface area (TPSA) is 71.1 Å². The van der Waals surface area contributed by atoms with Gasteiger partial charge in [0.25, 0.3) is 0 Å². The van der Waals surface area contributed by atoms with Crippen molar-refractivity contribution in [2.45, 2.75) is 90.2 Å². The Morgan fingerprint density at radius 1 is 1.18 bits per heavy atom. The lowest BCUT2D eigenvalue weighted by atomic mass is 9.44. The molecule has 1 N–H and O–H groups in total. The van der Waals surface area contributed by atoms with Gasteiger partial charge in [0.2, 0.25) is 0 Å². The molecule has 0 aromatic carbocycles. The van der Waals surface area contributed by atoms with Gasteiger partial charge in [0, 0.05) is 19.9 Å². The molecule has 0 saturated heterocycles. The van der Waals surface area contributed by atoms with E-state index < -0.39 is 5.60 Å². The smallest absolute Gasteiger partial charge is 0.102 e. The van der Waals surface area contributed by atoms with Gasteiger partial charge in [0.1, 0.15) is 6.07 Å². The summed E-state index contributed by atoms with van der Waals surface area (Å²) in [6, 6.07) is 2.21. The maximum Gasteiger partial charge on any atom is 0.102 e. The first-order chi connectivity index (χ1) is 15.9. The zero-order valence-corrected chi connectivity index (χ0v) is 20.9. The van der Waals surface area contributed by atoms with Crippen LogP contribution in [0.2, 0.25) is 0 Å². The molecule has 1 aromatic heterocycles. The molecule has 4 saturated carbocycles. The monoisotopic (exact) mass is 453 g/mol. The summed E-state index contributed by atoms with van der Waals surface area (Å²) < 4.78 is 7.36. The molecule has 4 fully saturated rings. The van der Waals surface area contributed by atoms with E-state index in [1.54, 1.807) is 13.3 Å². The first-order valence-electron chi connectivity index (χ1n) is 13.5. The molecule has 4 aliphatic rings. The van der Waals surface area contributed by atoms with Crippen LogP contribution >= 0.6 is 0 Å². The highest BCUT2D eigenvalue weighted by Gasteiger charge is 2.57. The molecule has 4 aliphatic carbocycles.